The number of anilines is 3. The van der Waals surface area contributed by atoms with Crippen LogP contribution < -0.4 is 15.1 Å². The molecule has 3 rings (SSSR count). The molecule has 49 heavy (non-hydrogen) atoms. The van der Waals surface area contributed by atoms with E-state index in [1.165, 1.54) is 0 Å². The fraction of sp³-hybridized carbons (Fsp3) is 0.921. The summed E-state index contributed by atoms with van der Waals surface area (Å²) in [6.07, 6.45) is 6.74. The van der Waals surface area contributed by atoms with Crippen molar-refractivity contribution in [1.82, 2.24) is 25.1 Å². The highest BCUT2D eigenvalue weighted by Crippen LogP contribution is 2.44. The Morgan fingerprint density at radius 2 is 1.12 bits per heavy atom. The van der Waals surface area contributed by atoms with Crippen molar-refractivity contribution >= 4 is 27.1 Å². The summed E-state index contributed by atoms with van der Waals surface area (Å²) in [5, 5.41) is 8.23. The predicted molar refractivity (Wildman–Crippen MR) is 210 cm³/mol. The molecule has 3 unspecified atom stereocenters. The normalized spacial score (nSPS) is 23.2. The highest BCUT2D eigenvalue weighted by atomic mass is 31.0. The second kappa shape index (κ2) is 15.0. The van der Waals surface area contributed by atoms with Gasteiger partial charge in [-0.05, 0) is 127 Å². The molecule has 0 spiro atoms. The molecule has 0 aliphatic carbocycles. The third-order valence-corrected chi connectivity index (χ3v) is 11.0. The van der Waals surface area contributed by atoms with Crippen LogP contribution in [0.1, 0.15) is 156 Å². The molecule has 2 saturated heterocycles. The lowest BCUT2D eigenvalue weighted by Gasteiger charge is -2.56. The van der Waals surface area contributed by atoms with E-state index in [1.807, 2.05) is 0 Å². The Balaban J connectivity index is 2.03. The number of hydrogen-bond donors (Lipinski definition) is 1. The van der Waals surface area contributed by atoms with Crippen molar-refractivity contribution in [2.45, 2.75) is 207 Å². The molecule has 2 fully saturated rings. The quantitative estimate of drug-likeness (QED) is 0.201. The highest BCUT2D eigenvalue weighted by Gasteiger charge is 2.50. The first-order valence-corrected chi connectivity index (χ1v) is 19.5. The van der Waals surface area contributed by atoms with Crippen molar-refractivity contribution < 1.29 is 9.68 Å². The zero-order valence-electron chi connectivity index (χ0n) is 34.8. The fourth-order valence-electron chi connectivity index (χ4n) is 8.73. The summed E-state index contributed by atoms with van der Waals surface area (Å²) in [5.41, 5.74) is -0.785. The number of rotatable bonds is 13. The minimum Gasteiger partial charge on any atom is -0.349 e. The maximum atomic E-state index is 6.55. The van der Waals surface area contributed by atoms with E-state index in [0.29, 0.717) is 17.8 Å². The van der Waals surface area contributed by atoms with Crippen molar-refractivity contribution in [3.8, 4) is 0 Å². The summed E-state index contributed by atoms with van der Waals surface area (Å²) in [4.78, 5) is 33.1. The molecule has 2 aliphatic heterocycles. The molecule has 0 aromatic carbocycles. The highest BCUT2D eigenvalue weighted by molar-refractivity contribution is 7.17. The molecule has 0 radical (unpaired) electrons. The number of nitrogens with one attached hydrogen (secondary N) is 1. The largest absolute Gasteiger partial charge is 0.349 e. The van der Waals surface area contributed by atoms with E-state index in [0.717, 1.165) is 44.9 Å². The van der Waals surface area contributed by atoms with Crippen molar-refractivity contribution in [1.29, 1.82) is 0 Å². The third kappa shape index (κ3) is 10.6. The van der Waals surface area contributed by atoms with Gasteiger partial charge in [-0.2, -0.15) is 25.1 Å². The number of nitrogens with zero attached hydrogens (tertiary/aromatic N) is 7. The first-order valence-electron chi connectivity index (χ1n) is 18.8. The van der Waals surface area contributed by atoms with Gasteiger partial charge in [-0.1, -0.05) is 34.6 Å². The zero-order chi connectivity index (χ0) is 37.5. The smallest absolute Gasteiger partial charge is 0.231 e. The van der Waals surface area contributed by atoms with Crippen LogP contribution in [0.2, 0.25) is 0 Å². The van der Waals surface area contributed by atoms with Crippen LogP contribution in [-0.2, 0) is 9.68 Å². The molecule has 3 heterocycles. The Kier molecular flexibility index (Phi) is 12.9. The van der Waals surface area contributed by atoms with E-state index in [1.54, 1.807) is 0 Å². The summed E-state index contributed by atoms with van der Waals surface area (Å²) in [5.74, 6) is 2.11. The van der Waals surface area contributed by atoms with Crippen LogP contribution >= 0.6 is 9.24 Å². The molecule has 3 atom stereocenters. The molecule has 10 nitrogen and oxygen atoms in total. The SMILES string of the molecule is CCC(C)ON1C(C)(C)CC(N(C)c2nc(NC(C)(C)CC(C)(C)C)nc(N(C)C3CC(C)(C)N(OC(P)CC)C(C)(C)C3)n2)CC1(C)C. The van der Waals surface area contributed by atoms with Gasteiger partial charge in [-0.3, -0.25) is 9.68 Å². The number of hydroxylamine groups is 4. The summed E-state index contributed by atoms with van der Waals surface area (Å²) in [7, 11) is 7.15. The van der Waals surface area contributed by atoms with Crippen molar-refractivity contribution in [3.05, 3.63) is 0 Å². The molecular weight excluding hydrogens is 631 g/mol. The van der Waals surface area contributed by atoms with Crippen molar-refractivity contribution in [3.63, 3.8) is 0 Å². The molecule has 2 aliphatic rings. The van der Waals surface area contributed by atoms with Gasteiger partial charge in [-0.15, -0.1) is 9.24 Å². The summed E-state index contributed by atoms with van der Waals surface area (Å²) in [6, 6.07) is 0.429. The Morgan fingerprint density at radius 1 is 0.735 bits per heavy atom. The lowest BCUT2D eigenvalue weighted by molar-refractivity contribution is -0.303. The maximum Gasteiger partial charge on any atom is 0.231 e. The van der Waals surface area contributed by atoms with Crippen LogP contribution in [0.5, 0.6) is 0 Å². The Morgan fingerprint density at radius 3 is 1.47 bits per heavy atom. The molecule has 1 N–H and O–H groups in total. The van der Waals surface area contributed by atoms with Gasteiger partial charge >= 0.3 is 0 Å². The van der Waals surface area contributed by atoms with Gasteiger partial charge in [0.25, 0.3) is 0 Å². The second-order valence-corrected chi connectivity index (χ2v) is 20.3. The molecule has 284 valence electrons. The average Bonchev–Trinajstić information content (AvgIpc) is 2.92. The molecule has 1 aromatic rings. The van der Waals surface area contributed by atoms with Gasteiger partial charge in [0.2, 0.25) is 17.8 Å². The average molecular weight is 707 g/mol. The number of piperidine rings is 2. The Hall–Kier alpha value is -1.32. The lowest BCUT2D eigenvalue weighted by Crippen LogP contribution is -2.64. The number of hydrogen-bond acceptors (Lipinski definition) is 10. The summed E-state index contributed by atoms with van der Waals surface area (Å²) >= 11 is 0. The van der Waals surface area contributed by atoms with Crippen LogP contribution in [0.4, 0.5) is 17.8 Å². The van der Waals surface area contributed by atoms with E-state index >= 15 is 0 Å². The standard InChI is InChI=1S/C38H75N8O2P/c1-19-26(3)47-45-35(9,10)21-27(22-36(45,11)12)43(17)31-39-30(42-34(7,8)25-33(4,5)6)40-32(41-31)44(18)28-23-37(13,14)46(38(15,16)24-28)48-29(49)20-2/h26-29H,19-25,49H2,1-18H3,(H,39,40,41,42). The molecular formula is C38H75N8O2P. The van der Waals surface area contributed by atoms with E-state index < -0.39 is 0 Å². The second-order valence-electron chi connectivity index (χ2n) is 19.6. The molecule has 11 heteroatoms. The summed E-state index contributed by atoms with van der Waals surface area (Å²) < 4.78 is 0. The van der Waals surface area contributed by atoms with Crippen LogP contribution in [0.15, 0.2) is 0 Å². The van der Waals surface area contributed by atoms with Gasteiger partial charge in [-0.25, -0.2) is 0 Å². The van der Waals surface area contributed by atoms with Gasteiger partial charge in [0, 0.05) is 53.9 Å². The van der Waals surface area contributed by atoms with E-state index in [4.69, 9.17) is 24.6 Å². The lowest BCUT2D eigenvalue weighted by atomic mass is 9.78. The van der Waals surface area contributed by atoms with Crippen LogP contribution in [0.3, 0.4) is 0 Å². The van der Waals surface area contributed by atoms with Crippen molar-refractivity contribution in [2.24, 2.45) is 5.41 Å². The van der Waals surface area contributed by atoms with Crippen molar-refractivity contribution in [2.75, 3.05) is 29.2 Å². The van der Waals surface area contributed by atoms with E-state index in [2.05, 4.69) is 159 Å². The minimum absolute atomic E-state index is 0.0861. The van der Waals surface area contributed by atoms with E-state index in [9.17, 15) is 0 Å². The van der Waals surface area contributed by atoms with Crippen LogP contribution in [0.25, 0.3) is 0 Å². The molecule has 0 amide bonds. The third-order valence-electron chi connectivity index (χ3n) is 10.4. The number of aromatic nitrogens is 3. The Bertz CT molecular complexity index is 1130. The first-order chi connectivity index (χ1) is 22.1. The Labute approximate surface area is 303 Å². The zero-order valence-corrected chi connectivity index (χ0v) is 35.9. The van der Waals surface area contributed by atoms with E-state index in [-0.39, 0.29) is 57.1 Å². The summed E-state index contributed by atoms with van der Waals surface area (Å²) in [6.45, 7) is 36.2. The minimum atomic E-state index is -0.214. The molecule has 1 aromatic heterocycles. The van der Waals surface area contributed by atoms with Gasteiger partial charge < -0.3 is 15.1 Å². The first kappa shape index (κ1) is 42.1. The van der Waals surface area contributed by atoms with Crippen LogP contribution in [0, 0.1) is 5.41 Å². The van der Waals surface area contributed by atoms with Crippen LogP contribution in [-0.4, -0.2) is 90.9 Å². The molecule has 0 saturated carbocycles. The van der Waals surface area contributed by atoms with Gasteiger partial charge in [0.1, 0.15) is 0 Å². The maximum absolute atomic E-state index is 6.55. The fourth-order valence-corrected chi connectivity index (χ4v) is 8.85. The monoisotopic (exact) mass is 707 g/mol. The van der Waals surface area contributed by atoms with Gasteiger partial charge in [0.05, 0.1) is 11.9 Å². The predicted octanol–water partition coefficient (Wildman–Crippen LogP) is 8.69. The molecule has 0 bridgehead atoms. The van der Waals surface area contributed by atoms with Gasteiger partial charge in [0.15, 0.2) is 0 Å². The topological polar surface area (TPSA) is 82.1 Å².